The number of aromatic nitrogens is 2. The van der Waals surface area contributed by atoms with Crippen LogP contribution >= 0.6 is 11.6 Å². The van der Waals surface area contributed by atoms with Crippen LogP contribution in [0.15, 0.2) is 4.42 Å². The van der Waals surface area contributed by atoms with E-state index in [0.717, 1.165) is 0 Å². The summed E-state index contributed by atoms with van der Waals surface area (Å²) < 4.78 is 28.3. The summed E-state index contributed by atoms with van der Waals surface area (Å²) in [6.45, 7) is -0.498. The van der Waals surface area contributed by atoms with Gasteiger partial charge < -0.3 is 9.73 Å². The van der Waals surface area contributed by atoms with Gasteiger partial charge in [-0.3, -0.25) is 0 Å². The monoisotopic (exact) mass is 211 g/mol. The maximum atomic E-state index is 11.7. The highest BCUT2D eigenvalue weighted by Gasteiger charge is 2.07. The fraction of sp³-hybridized carbons (Fsp3) is 0.667. The Morgan fingerprint density at radius 1 is 1.46 bits per heavy atom. The van der Waals surface area contributed by atoms with Crippen molar-refractivity contribution in [3.8, 4) is 0 Å². The molecule has 0 unspecified atom stereocenters. The van der Waals surface area contributed by atoms with Gasteiger partial charge >= 0.3 is 6.01 Å². The smallest absolute Gasteiger partial charge is 0.315 e. The first-order chi connectivity index (χ1) is 6.22. The van der Waals surface area contributed by atoms with Gasteiger partial charge in [-0.15, -0.1) is 16.7 Å². The van der Waals surface area contributed by atoms with Crippen LogP contribution in [0.25, 0.3) is 0 Å². The molecule has 0 spiro atoms. The highest BCUT2D eigenvalue weighted by Crippen LogP contribution is 2.06. The topological polar surface area (TPSA) is 51.0 Å². The van der Waals surface area contributed by atoms with E-state index in [2.05, 4.69) is 15.5 Å². The average molecular weight is 212 g/mol. The van der Waals surface area contributed by atoms with E-state index < -0.39 is 13.0 Å². The maximum Gasteiger partial charge on any atom is 0.315 e. The van der Waals surface area contributed by atoms with Crippen LogP contribution in [0.4, 0.5) is 14.8 Å². The second-order valence-electron chi connectivity index (χ2n) is 2.21. The van der Waals surface area contributed by atoms with Gasteiger partial charge in [0.05, 0.1) is 6.54 Å². The predicted molar refractivity (Wildman–Crippen MR) is 43.2 cm³/mol. The minimum absolute atomic E-state index is 0.000386. The molecule has 0 aliphatic carbocycles. The zero-order valence-electron chi connectivity index (χ0n) is 6.64. The molecule has 0 aromatic carbocycles. The van der Waals surface area contributed by atoms with Crippen molar-refractivity contribution >= 4 is 17.6 Å². The van der Waals surface area contributed by atoms with Crippen molar-refractivity contribution in [3.63, 3.8) is 0 Å². The Labute approximate surface area is 78.3 Å². The molecule has 0 amide bonds. The first kappa shape index (κ1) is 10.2. The normalized spacial score (nSPS) is 10.8. The molecule has 0 fully saturated rings. The van der Waals surface area contributed by atoms with Gasteiger partial charge in [-0.05, 0) is 0 Å². The van der Waals surface area contributed by atoms with Crippen LogP contribution in [-0.2, 0) is 6.42 Å². The summed E-state index contributed by atoms with van der Waals surface area (Å²) in [6.07, 6.45) is -2.01. The summed E-state index contributed by atoms with van der Waals surface area (Å²) >= 11 is 5.40. The first-order valence-electron chi connectivity index (χ1n) is 3.62. The predicted octanol–water partition coefficient (Wildman–Crippen LogP) is 1.53. The molecule has 0 radical (unpaired) electrons. The largest absolute Gasteiger partial charge is 0.408 e. The summed E-state index contributed by atoms with van der Waals surface area (Å²) in [7, 11) is 0. The lowest BCUT2D eigenvalue weighted by molar-refractivity contribution is 0.162. The SMILES string of the molecule is FC(F)CNc1nnc(CCCl)o1. The van der Waals surface area contributed by atoms with Crippen molar-refractivity contribution in [1.82, 2.24) is 10.2 Å². The van der Waals surface area contributed by atoms with E-state index in [0.29, 0.717) is 18.2 Å². The van der Waals surface area contributed by atoms with E-state index in [-0.39, 0.29) is 6.01 Å². The molecule has 1 N–H and O–H groups in total. The lowest BCUT2D eigenvalue weighted by atomic mass is 10.5. The van der Waals surface area contributed by atoms with Gasteiger partial charge in [-0.2, -0.15) is 0 Å². The Morgan fingerprint density at radius 3 is 2.85 bits per heavy atom. The molecule has 74 valence electrons. The first-order valence-corrected chi connectivity index (χ1v) is 4.16. The third kappa shape index (κ3) is 3.54. The molecule has 1 rings (SSSR count). The highest BCUT2D eigenvalue weighted by molar-refractivity contribution is 6.17. The van der Waals surface area contributed by atoms with E-state index in [1.54, 1.807) is 0 Å². The summed E-state index contributed by atoms with van der Waals surface area (Å²) in [4.78, 5) is 0. The molecule has 1 aromatic rings. The third-order valence-corrected chi connectivity index (χ3v) is 1.37. The number of hydrogen-bond donors (Lipinski definition) is 1. The lowest BCUT2D eigenvalue weighted by Gasteiger charge is -1.97. The second-order valence-corrected chi connectivity index (χ2v) is 2.59. The average Bonchev–Trinajstić information content (AvgIpc) is 2.50. The van der Waals surface area contributed by atoms with E-state index in [1.165, 1.54) is 0 Å². The van der Waals surface area contributed by atoms with Crippen LogP contribution in [0.1, 0.15) is 5.89 Å². The zero-order valence-corrected chi connectivity index (χ0v) is 7.39. The fourth-order valence-electron chi connectivity index (χ4n) is 0.671. The van der Waals surface area contributed by atoms with Crippen LogP contribution in [0.3, 0.4) is 0 Å². The number of hydrogen-bond acceptors (Lipinski definition) is 4. The molecule has 0 aliphatic heterocycles. The van der Waals surface area contributed by atoms with Crippen LogP contribution in [0.5, 0.6) is 0 Å². The zero-order chi connectivity index (χ0) is 9.68. The van der Waals surface area contributed by atoms with Crippen LogP contribution < -0.4 is 5.32 Å². The van der Waals surface area contributed by atoms with Gasteiger partial charge in [-0.1, -0.05) is 5.10 Å². The lowest BCUT2D eigenvalue weighted by Crippen LogP contribution is -2.10. The third-order valence-electron chi connectivity index (χ3n) is 1.18. The van der Waals surface area contributed by atoms with Crippen molar-refractivity contribution in [2.24, 2.45) is 0 Å². The van der Waals surface area contributed by atoms with Crippen molar-refractivity contribution in [2.75, 3.05) is 17.7 Å². The van der Waals surface area contributed by atoms with Crippen molar-refractivity contribution < 1.29 is 13.2 Å². The molecule has 0 aliphatic rings. The second kappa shape index (κ2) is 4.96. The molecular weight excluding hydrogens is 204 g/mol. The van der Waals surface area contributed by atoms with Crippen LogP contribution in [0, 0.1) is 0 Å². The van der Waals surface area contributed by atoms with Crippen molar-refractivity contribution in [3.05, 3.63) is 5.89 Å². The van der Waals surface area contributed by atoms with Crippen molar-refractivity contribution in [2.45, 2.75) is 12.8 Å². The fourth-order valence-corrected chi connectivity index (χ4v) is 0.833. The molecule has 1 heterocycles. The number of anilines is 1. The van der Waals surface area contributed by atoms with Crippen molar-refractivity contribution in [1.29, 1.82) is 0 Å². The van der Waals surface area contributed by atoms with Gasteiger partial charge in [0.25, 0.3) is 6.43 Å². The maximum absolute atomic E-state index is 11.7. The minimum Gasteiger partial charge on any atom is -0.408 e. The summed E-state index contributed by atoms with van der Waals surface area (Å²) in [5.74, 6) is 0.697. The number of nitrogens with one attached hydrogen (secondary N) is 1. The number of aryl methyl sites for hydroxylation is 1. The van der Waals surface area contributed by atoms with E-state index in [1.807, 2.05) is 0 Å². The molecule has 0 atom stereocenters. The molecule has 4 nitrogen and oxygen atoms in total. The standard InChI is InChI=1S/C6H8ClF2N3O/c7-2-1-5-11-12-6(13-5)10-3-4(8)9/h4H,1-3H2,(H,10,12). The van der Waals surface area contributed by atoms with Crippen LogP contribution in [0.2, 0.25) is 0 Å². The Morgan fingerprint density at radius 2 is 2.23 bits per heavy atom. The summed E-state index contributed by atoms with van der Waals surface area (Å²) in [5.41, 5.74) is 0. The summed E-state index contributed by atoms with van der Waals surface area (Å²) in [6, 6.07) is 0.000386. The Balaban J connectivity index is 2.39. The van der Waals surface area contributed by atoms with Gasteiger partial charge in [0.15, 0.2) is 0 Å². The van der Waals surface area contributed by atoms with Crippen LogP contribution in [-0.4, -0.2) is 29.0 Å². The van der Waals surface area contributed by atoms with Gasteiger partial charge in [0.1, 0.15) is 0 Å². The Kier molecular flexibility index (Phi) is 3.88. The highest BCUT2D eigenvalue weighted by atomic mass is 35.5. The van der Waals surface area contributed by atoms with E-state index in [9.17, 15) is 8.78 Å². The van der Waals surface area contributed by atoms with Gasteiger partial charge in [0.2, 0.25) is 5.89 Å². The molecule has 13 heavy (non-hydrogen) atoms. The number of halogens is 3. The molecule has 0 bridgehead atoms. The Bertz CT molecular complexity index is 256. The Hall–Kier alpha value is -0.910. The van der Waals surface area contributed by atoms with Gasteiger partial charge in [-0.25, -0.2) is 8.78 Å². The quantitative estimate of drug-likeness (QED) is 0.751. The number of rotatable bonds is 5. The molecular formula is C6H8ClF2N3O. The van der Waals surface area contributed by atoms with E-state index in [4.69, 9.17) is 16.0 Å². The van der Waals surface area contributed by atoms with E-state index >= 15 is 0 Å². The summed E-state index contributed by atoms with van der Waals surface area (Å²) in [5, 5.41) is 9.35. The minimum atomic E-state index is -2.44. The number of nitrogens with zero attached hydrogens (tertiary/aromatic N) is 2. The number of alkyl halides is 3. The molecule has 0 saturated heterocycles. The molecule has 0 saturated carbocycles. The van der Waals surface area contributed by atoms with Gasteiger partial charge in [0, 0.05) is 12.3 Å². The molecule has 7 heteroatoms. The molecule has 1 aromatic heterocycles.